The van der Waals surface area contributed by atoms with Crippen molar-refractivity contribution in [3.63, 3.8) is 0 Å². The summed E-state index contributed by atoms with van der Waals surface area (Å²) in [7, 11) is 0. The number of benzene rings is 2. The SMILES string of the molecule is CCCCCCCCCCCCOc1ccc(C(=O)Nc2cc(O)cc(O)c2)cc1. The second kappa shape index (κ2) is 13.5. The highest BCUT2D eigenvalue weighted by atomic mass is 16.5. The molecule has 0 saturated heterocycles. The molecule has 2 rings (SSSR count). The van der Waals surface area contributed by atoms with E-state index in [4.69, 9.17) is 4.74 Å². The minimum atomic E-state index is -0.318. The molecule has 5 heteroatoms. The van der Waals surface area contributed by atoms with Crippen LogP contribution in [0.4, 0.5) is 5.69 Å². The number of unbranched alkanes of at least 4 members (excludes halogenated alkanes) is 9. The molecule has 0 aliphatic carbocycles. The number of nitrogens with one attached hydrogen (secondary N) is 1. The Balaban J connectivity index is 1.61. The molecule has 3 N–H and O–H groups in total. The summed E-state index contributed by atoms with van der Waals surface area (Å²) >= 11 is 0. The van der Waals surface area contributed by atoms with Crippen molar-refractivity contribution in [3.8, 4) is 17.2 Å². The minimum Gasteiger partial charge on any atom is -0.508 e. The molecule has 5 nitrogen and oxygen atoms in total. The number of phenolic OH excluding ortho intramolecular Hbond substituents is 2. The molecule has 0 saturated carbocycles. The second-order valence-corrected chi connectivity index (χ2v) is 7.75. The third-order valence-electron chi connectivity index (χ3n) is 5.04. The lowest BCUT2D eigenvalue weighted by molar-refractivity contribution is 0.102. The van der Waals surface area contributed by atoms with Crippen molar-refractivity contribution < 1.29 is 19.7 Å². The lowest BCUT2D eigenvalue weighted by Crippen LogP contribution is -2.11. The topological polar surface area (TPSA) is 78.8 Å². The molecule has 0 aromatic heterocycles. The van der Waals surface area contributed by atoms with Crippen molar-refractivity contribution in [1.82, 2.24) is 0 Å². The summed E-state index contributed by atoms with van der Waals surface area (Å²) in [5.41, 5.74) is 0.808. The van der Waals surface area contributed by atoms with Crippen LogP contribution in [0.1, 0.15) is 81.5 Å². The minimum absolute atomic E-state index is 0.110. The number of ether oxygens (including phenoxy) is 1. The van der Waals surface area contributed by atoms with Crippen molar-refractivity contribution >= 4 is 11.6 Å². The Bertz CT molecular complexity index is 738. The van der Waals surface area contributed by atoms with Crippen LogP contribution >= 0.6 is 0 Å². The van der Waals surface area contributed by atoms with Crippen LogP contribution in [0.3, 0.4) is 0 Å². The van der Waals surface area contributed by atoms with Gasteiger partial charge in [-0.05, 0) is 30.7 Å². The molecule has 1 amide bonds. The molecule has 0 aliphatic heterocycles. The van der Waals surface area contributed by atoms with Gasteiger partial charge in [0.2, 0.25) is 0 Å². The molecule has 30 heavy (non-hydrogen) atoms. The number of carbonyl (C=O) groups is 1. The number of aromatic hydroxyl groups is 2. The lowest BCUT2D eigenvalue weighted by atomic mass is 10.1. The Morgan fingerprint density at radius 2 is 1.33 bits per heavy atom. The maximum Gasteiger partial charge on any atom is 0.255 e. The predicted molar refractivity (Wildman–Crippen MR) is 122 cm³/mol. The van der Waals surface area contributed by atoms with Gasteiger partial charge < -0.3 is 20.3 Å². The highest BCUT2D eigenvalue weighted by molar-refractivity contribution is 6.04. The lowest BCUT2D eigenvalue weighted by Gasteiger charge is -2.09. The van der Waals surface area contributed by atoms with E-state index in [1.54, 1.807) is 24.3 Å². The summed E-state index contributed by atoms with van der Waals surface area (Å²) < 4.78 is 5.76. The largest absolute Gasteiger partial charge is 0.508 e. The zero-order chi connectivity index (χ0) is 21.6. The number of amides is 1. The van der Waals surface area contributed by atoms with Gasteiger partial charge in [0.25, 0.3) is 5.91 Å². The molecule has 0 heterocycles. The van der Waals surface area contributed by atoms with Crippen LogP contribution in [0.25, 0.3) is 0 Å². The average molecular weight is 414 g/mol. The maximum atomic E-state index is 12.3. The second-order valence-electron chi connectivity index (χ2n) is 7.75. The maximum absolute atomic E-state index is 12.3. The van der Waals surface area contributed by atoms with E-state index in [1.165, 1.54) is 76.0 Å². The molecule has 0 bridgehead atoms. The van der Waals surface area contributed by atoms with Gasteiger partial charge in [0.05, 0.1) is 6.61 Å². The normalized spacial score (nSPS) is 10.7. The number of rotatable bonds is 14. The van der Waals surface area contributed by atoms with E-state index in [9.17, 15) is 15.0 Å². The fourth-order valence-corrected chi connectivity index (χ4v) is 3.35. The Labute approximate surface area is 180 Å². The third kappa shape index (κ3) is 9.21. The first-order valence-corrected chi connectivity index (χ1v) is 11.2. The average Bonchev–Trinajstić information content (AvgIpc) is 2.71. The number of anilines is 1. The van der Waals surface area contributed by atoms with E-state index in [0.717, 1.165) is 12.2 Å². The van der Waals surface area contributed by atoms with Crippen LogP contribution in [0, 0.1) is 0 Å². The van der Waals surface area contributed by atoms with Gasteiger partial charge in [-0.15, -0.1) is 0 Å². The van der Waals surface area contributed by atoms with E-state index >= 15 is 0 Å². The van der Waals surface area contributed by atoms with E-state index in [1.807, 2.05) is 0 Å². The highest BCUT2D eigenvalue weighted by Gasteiger charge is 2.08. The van der Waals surface area contributed by atoms with Crippen molar-refractivity contribution in [2.75, 3.05) is 11.9 Å². The van der Waals surface area contributed by atoms with E-state index in [0.29, 0.717) is 17.9 Å². The molecule has 0 aliphatic rings. The van der Waals surface area contributed by atoms with Gasteiger partial charge in [-0.25, -0.2) is 0 Å². The first kappa shape index (κ1) is 23.6. The van der Waals surface area contributed by atoms with Crippen LogP contribution in [0.5, 0.6) is 17.2 Å². The monoisotopic (exact) mass is 413 g/mol. The molecule has 0 fully saturated rings. The van der Waals surface area contributed by atoms with Gasteiger partial charge in [-0.1, -0.05) is 64.7 Å². The molecular weight excluding hydrogens is 378 g/mol. The zero-order valence-corrected chi connectivity index (χ0v) is 18.0. The zero-order valence-electron chi connectivity index (χ0n) is 18.0. The Hall–Kier alpha value is -2.69. The van der Waals surface area contributed by atoms with Gasteiger partial charge in [-0.2, -0.15) is 0 Å². The van der Waals surface area contributed by atoms with Gasteiger partial charge in [0.1, 0.15) is 17.2 Å². The summed E-state index contributed by atoms with van der Waals surface area (Å²) in [4.78, 5) is 12.3. The Morgan fingerprint density at radius 1 is 0.800 bits per heavy atom. The van der Waals surface area contributed by atoms with Gasteiger partial charge >= 0.3 is 0 Å². The molecule has 0 atom stereocenters. The molecule has 164 valence electrons. The molecule has 0 spiro atoms. The molecular formula is C25H35NO4. The summed E-state index contributed by atoms with van der Waals surface area (Å²) in [6.45, 7) is 2.93. The molecule has 0 radical (unpaired) electrons. The summed E-state index contributed by atoms with van der Waals surface area (Å²) in [5, 5.41) is 21.6. The van der Waals surface area contributed by atoms with Crippen molar-refractivity contribution in [3.05, 3.63) is 48.0 Å². The highest BCUT2D eigenvalue weighted by Crippen LogP contribution is 2.24. The fourth-order valence-electron chi connectivity index (χ4n) is 3.35. The molecule has 0 unspecified atom stereocenters. The van der Waals surface area contributed by atoms with Gasteiger partial charge in [0.15, 0.2) is 0 Å². The first-order valence-electron chi connectivity index (χ1n) is 11.2. The molecule has 2 aromatic rings. The van der Waals surface area contributed by atoms with Crippen LogP contribution in [0.2, 0.25) is 0 Å². The van der Waals surface area contributed by atoms with Crippen molar-refractivity contribution in [2.24, 2.45) is 0 Å². The molecule has 2 aromatic carbocycles. The van der Waals surface area contributed by atoms with Crippen LogP contribution in [-0.2, 0) is 0 Å². The summed E-state index contributed by atoms with van der Waals surface area (Å²) in [5.74, 6) is 0.209. The Kier molecular flexibility index (Phi) is 10.6. The number of hydrogen-bond acceptors (Lipinski definition) is 4. The fraction of sp³-hybridized carbons (Fsp3) is 0.480. The number of carbonyl (C=O) groups excluding carboxylic acids is 1. The van der Waals surface area contributed by atoms with Gasteiger partial charge in [-0.3, -0.25) is 4.79 Å². The van der Waals surface area contributed by atoms with Crippen LogP contribution in [0.15, 0.2) is 42.5 Å². The van der Waals surface area contributed by atoms with E-state index in [-0.39, 0.29) is 17.4 Å². The quantitative estimate of drug-likeness (QED) is 0.303. The van der Waals surface area contributed by atoms with Crippen molar-refractivity contribution in [1.29, 1.82) is 0 Å². The predicted octanol–water partition coefficient (Wildman–Crippen LogP) is 6.65. The van der Waals surface area contributed by atoms with Crippen LogP contribution < -0.4 is 10.1 Å². The Morgan fingerprint density at radius 3 is 1.90 bits per heavy atom. The van der Waals surface area contributed by atoms with E-state index in [2.05, 4.69) is 12.2 Å². The summed E-state index contributed by atoms with van der Waals surface area (Å²) in [6.07, 6.45) is 12.9. The van der Waals surface area contributed by atoms with Crippen molar-refractivity contribution in [2.45, 2.75) is 71.1 Å². The smallest absolute Gasteiger partial charge is 0.255 e. The first-order chi connectivity index (χ1) is 14.6. The van der Waals surface area contributed by atoms with E-state index < -0.39 is 0 Å². The summed E-state index contributed by atoms with van der Waals surface area (Å²) in [6, 6.07) is 10.9. The third-order valence-corrected chi connectivity index (χ3v) is 5.04. The van der Waals surface area contributed by atoms with Crippen LogP contribution in [-0.4, -0.2) is 22.7 Å². The number of hydrogen-bond donors (Lipinski definition) is 3. The standard InChI is InChI=1S/C25H35NO4/c1-2-3-4-5-6-7-8-9-10-11-16-30-24-14-12-20(13-15-24)25(29)26-21-17-22(27)19-23(28)18-21/h12-15,17-19,27-28H,2-11,16H2,1H3,(H,26,29). The number of phenols is 2. The van der Waals surface area contributed by atoms with Gasteiger partial charge in [0, 0.05) is 29.4 Å².